The lowest BCUT2D eigenvalue weighted by Crippen LogP contribution is -2.49. The number of methoxy groups -OCH3 is 1. The maximum atomic E-state index is 12.4. The summed E-state index contributed by atoms with van der Waals surface area (Å²) in [6, 6.07) is 0. The first kappa shape index (κ1) is 16.3. The molecular weight excluding hydrogens is 236 g/mol. The highest BCUT2D eigenvalue weighted by Gasteiger charge is 2.39. The third kappa shape index (κ3) is 3.92. The largest absolute Gasteiger partial charge is 0.392 e. The van der Waals surface area contributed by atoms with Crippen LogP contribution in [0.5, 0.6) is 0 Å². The Kier molecular flexibility index (Phi) is 7.30. The Bertz CT molecular complexity index is 265. The molecular formula is C12H24N2O2S. The van der Waals surface area contributed by atoms with E-state index in [1.54, 1.807) is 19.1 Å². The van der Waals surface area contributed by atoms with E-state index in [0.717, 1.165) is 6.42 Å². The van der Waals surface area contributed by atoms with Gasteiger partial charge in [0.15, 0.2) is 0 Å². The number of thiocarbonyl (C=S) groups is 1. The van der Waals surface area contributed by atoms with E-state index in [0.29, 0.717) is 31.0 Å². The van der Waals surface area contributed by atoms with E-state index in [4.69, 9.17) is 22.7 Å². The van der Waals surface area contributed by atoms with Crippen molar-refractivity contribution in [3.05, 3.63) is 0 Å². The number of nitrogens with zero attached hydrogens (tertiary/aromatic N) is 1. The second-order valence-corrected chi connectivity index (χ2v) is 4.67. The van der Waals surface area contributed by atoms with Crippen molar-refractivity contribution in [2.75, 3.05) is 27.3 Å². The van der Waals surface area contributed by atoms with Crippen LogP contribution in [0, 0.1) is 5.41 Å². The second kappa shape index (κ2) is 7.61. The lowest BCUT2D eigenvalue weighted by Gasteiger charge is -2.33. The monoisotopic (exact) mass is 260 g/mol. The summed E-state index contributed by atoms with van der Waals surface area (Å²) >= 11 is 5.06. The minimum absolute atomic E-state index is 0.0195. The Hall–Kier alpha value is -0.680. The third-order valence-electron chi connectivity index (χ3n) is 3.28. The molecule has 4 nitrogen and oxygen atoms in total. The molecule has 100 valence electrons. The second-order valence-electron chi connectivity index (χ2n) is 4.23. The first-order valence-corrected chi connectivity index (χ1v) is 6.41. The molecule has 0 unspecified atom stereocenters. The smallest absolute Gasteiger partial charge is 0.235 e. The van der Waals surface area contributed by atoms with Crippen LogP contribution in [0.1, 0.15) is 33.1 Å². The maximum absolute atomic E-state index is 12.4. The van der Waals surface area contributed by atoms with Crippen LogP contribution in [0.2, 0.25) is 0 Å². The van der Waals surface area contributed by atoms with Crippen molar-refractivity contribution >= 4 is 23.1 Å². The summed E-state index contributed by atoms with van der Waals surface area (Å²) in [5.41, 5.74) is 5.06. The van der Waals surface area contributed by atoms with Crippen LogP contribution >= 0.6 is 12.2 Å². The molecule has 5 heteroatoms. The first-order chi connectivity index (χ1) is 7.96. The van der Waals surface area contributed by atoms with Gasteiger partial charge in [0.25, 0.3) is 0 Å². The Labute approximate surface area is 109 Å². The summed E-state index contributed by atoms with van der Waals surface area (Å²) in [6.45, 7) is 5.21. The minimum atomic E-state index is -0.683. The van der Waals surface area contributed by atoms with Gasteiger partial charge in [0.2, 0.25) is 5.91 Å². The molecule has 1 amide bonds. The molecule has 0 rings (SSSR count). The van der Waals surface area contributed by atoms with Gasteiger partial charge in [0.1, 0.15) is 0 Å². The van der Waals surface area contributed by atoms with Crippen LogP contribution in [0.25, 0.3) is 0 Å². The normalized spacial score (nSPS) is 11.3. The molecule has 0 aliphatic rings. The van der Waals surface area contributed by atoms with Gasteiger partial charge in [0.05, 0.1) is 10.4 Å². The molecule has 0 spiro atoms. The Balaban J connectivity index is 4.67. The van der Waals surface area contributed by atoms with Crippen molar-refractivity contribution in [2.24, 2.45) is 11.1 Å². The highest BCUT2D eigenvalue weighted by Crippen LogP contribution is 2.29. The number of amides is 1. The number of nitrogens with two attached hydrogens (primary N) is 1. The quantitative estimate of drug-likeness (QED) is 0.532. The molecule has 0 atom stereocenters. The molecule has 0 fully saturated rings. The van der Waals surface area contributed by atoms with Crippen LogP contribution in [0.15, 0.2) is 0 Å². The van der Waals surface area contributed by atoms with E-state index in [-0.39, 0.29) is 5.91 Å². The summed E-state index contributed by atoms with van der Waals surface area (Å²) in [6.07, 6.45) is 2.11. The number of hydrogen-bond acceptors (Lipinski definition) is 3. The van der Waals surface area contributed by atoms with Crippen LogP contribution in [0.4, 0.5) is 0 Å². The minimum Gasteiger partial charge on any atom is -0.392 e. The fourth-order valence-electron chi connectivity index (χ4n) is 1.92. The molecule has 0 saturated heterocycles. The van der Waals surface area contributed by atoms with Gasteiger partial charge in [-0.15, -0.1) is 0 Å². The average Bonchev–Trinajstić information content (AvgIpc) is 2.30. The highest BCUT2D eigenvalue weighted by molar-refractivity contribution is 7.80. The topological polar surface area (TPSA) is 55.6 Å². The van der Waals surface area contributed by atoms with Crippen molar-refractivity contribution in [2.45, 2.75) is 33.1 Å². The zero-order chi connectivity index (χ0) is 13.5. The Morgan fingerprint density at radius 1 is 1.41 bits per heavy atom. The van der Waals surface area contributed by atoms with Gasteiger partial charge in [0, 0.05) is 27.3 Å². The molecule has 0 aliphatic heterocycles. The van der Waals surface area contributed by atoms with Crippen molar-refractivity contribution in [1.29, 1.82) is 0 Å². The molecule has 17 heavy (non-hydrogen) atoms. The summed E-state index contributed by atoms with van der Waals surface area (Å²) in [5.74, 6) is 0.0195. The van der Waals surface area contributed by atoms with Crippen molar-refractivity contribution < 1.29 is 9.53 Å². The molecule has 0 aromatic carbocycles. The van der Waals surface area contributed by atoms with E-state index >= 15 is 0 Å². The van der Waals surface area contributed by atoms with E-state index in [1.165, 1.54) is 0 Å². The molecule has 0 saturated carbocycles. The number of carbonyl (C=O) groups excluding carboxylic acids is 1. The number of carbonyl (C=O) groups is 1. The summed E-state index contributed by atoms with van der Waals surface area (Å²) in [7, 11) is 3.44. The molecule has 0 aliphatic carbocycles. The number of rotatable bonds is 8. The first-order valence-electron chi connectivity index (χ1n) is 6.00. The van der Waals surface area contributed by atoms with Crippen LogP contribution < -0.4 is 5.73 Å². The fourth-order valence-corrected chi connectivity index (χ4v) is 2.30. The summed E-state index contributed by atoms with van der Waals surface area (Å²) in [5, 5.41) is 0. The van der Waals surface area contributed by atoms with Gasteiger partial charge in [-0.3, -0.25) is 4.79 Å². The molecule has 0 aromatic heterocycles. The molecule has 2 N–H and O–H groups in total. The molecule has 0 aromatic rings. The van der Waals surface area contributed by atoms with Crippen LogP contribution in [-0.4, -0.2) is 43.1 Å². The third-order valence-corrected chi connectivity index (χ3v) is 3.67. The maximum Gasteiger partial charge on any atom is 0.235 e. The lowest BCUT2D eigenvalue weighted by atomic mass is 9.81. The van der Waals surface area contributed by atoms with E-state index in [9.17, 15) is 4.79 Å². The number of hydrogen-bond donors (Lipinski definition) is 1. The number of ether oxygens (including phenoxy) is 1. The van der Waals surface area contributed by atoms with Gasteiger partial charge >= 0.3 is 0 Å². The fraction of sp³-hybridized carbons (Fsp3) is 0.833. The molecule has 0 bridgehead atoms. The van der Waals surface area contributed by atoms with E-state index in [2.05, 4.69) is 0 Å². The SMILES string of the molecule is CCC(CC)(C(=O)N(C)CCCOC)C(N)=S. The van der Waals surface area contributed by atoms with Gasteiger partial charge in [-0.05, 0) is 19.3 Å². The van der Waals surface area contributed by atoms with E-state index < -0.39 is 5.41 Å². The predicted octanol–water partition coefficient (Wildman–Crippen LogP) is 1.57. The van der Waals surface area contributed by atoms with Crippen LogP contribution in [-0.2, 0) is 9.53 Å². The van der Waals surface area contributed by atoms with Crippen molar-refractivity contribution in [3.8, 4) is 0 Å². The molecule has 0 radical (unpaired) electrons. The highest BCUT2D eigenvalue weighted by atomic mass is 32.1. The zero-order valence-corrected chi connectivity index (χ0v) is 12.1. The average molecular weight is 260 g/mol. The predicted molar refractivity (Wildman–Crippen MR) is 73.9 cm³/mol. The summed E-state index contributed by atoms with van der Waals surface area (Å²) in [4.78, 5) is 14.4. The van der Waals surface area contributed by atoms with Crippen molar-refractivity contribution in [1.82, 2.24) is 4.90 Å². The van der Waals surface area contributed by atoms with E-state index in [1.807, 2.05) is 13.8 Å². The van der Waals surface area contributed by atoms with Gasteiger partial charge in [-0.25, -0.2) is 0 Å². The van der Waals surface area contributed by atoms with Gasteiger partial charge < -0.3 is 15.4 Å². The summed E-state index contributed by atoms with van der Waals surface area (Å²) < 4.78 is 4.97. The Morgan fingerprint density at radius 2 is 1.94 bits per heavy atom. The lowest BCUT2D eigenvalue weighted by molar-refractivity contribution is -0.137. The zero-order valence-electron chi connectivity index (χ0n) is 11.3. The molecule has 0 heterocycles. The van der Waals surface area contributed by atoms with Gasteiger partial charge in [-0.1, -0.05) is 26.1 Å². The van der Waals surface area contributed by atoms with Crippen LogP contribution in [0.3, 0.4) is 0 Å². The van der Waals surface area contributed by atoms with Crippen molar-refractivity contribution in [3.63, 3.8) is 0 Å². The standard InChI is InChI=1S/C12H24N2O2S/c1-5-12(6-2,10(13)17)11(15)14(3)8-7-9-16-4/h5-9H2,1-4H3,(H2,13,17). The van der Waals surface area contributed by atoms with Gasteiger partial charge in [-0.2, -0.15) is 0 Å². The Morgan fingerprint density at radius 3 is 2.29 bits per heavy atom.